The summed E-state index contributed by atoms with van der Waals surface area (Å²) in [4.78, 5) is 32.3. The summed E-state index contributed by atoms with van der Waals surface area (Å²) >= 11 is 1.87. The minimum atomic E-state index is -0.729. The number of carboxylic acid groups (broad SMARTS) is 1. The number of urea groups is 1. The highest BCUT2D eigenvalue weighted by Crippen LogP contribution is 2.33. The Morgan fingerprint density at radius 3 is 2.67 bits per heavy atom. The van der Waals surface area contributed by atoms with Crippen molar-refractivity contribution in [2.45, 2.75) is 43.0 Å². The summed E-state index contributed by atoms with van der Waals surface area (Å²) < 4.78 is 0. The van der Waals surface area contributed by atoms with Crippen LogP contribution in [0, 0.1) is 0 Å². The zero-order valence-electron chi connectivity index (χ0n) is 12.4. The average Bonchev–Trinajstić information content (AvgIpc) is 2.95. The second-order valence-corrected chi connectivity index (χ2v) is 6.60. The second kappa shape index (κ2) is 8.76. The topological polar surface area (TPSA) is 98.7 Å². The van der Waals surface area contributed by atoms with Crippen molar-refractivity contribution in [3.63, 3.8) is 0 Å². The normalized spacial score (nSPS) is 26.0. The van der Waals surface area contributed by atoms with Crippen LogP contribution in [-0.4, -0.2) is 65.6 Å². The van der Waals surface area contributed by atoms with Crippen LogP contribution in [0.2, 0.25) is 0 Å². The molecule has 120 valence electrons. The van der Waals surface area contributed by atoms with E-state index >= 15 is 0 Å². The van der Waals surface area contributed by atoms with Gasteiger partial charge in [-0.1, -0.05) is 6.42 Å². The smallest absolute Gasteiger partial charge is 0.315 e. The van der Waals surface area contributed by atoms with Crippen molar-refractivity contribution in [1.82, 2.24) is 15.5 Å². The lowest BCUT2D eigenvalue weighted by molar-refractivity contribution is -0.137. The fourth-order valence-electron chi connectivity index (χ4n) is 2.26. The van der Waals surface area contributed by atoms with Gasteiger partial charge in [-0.25, -0.2) is 4.79 Å². The minimum absolute atomic E-state index is 0.0640. The Morgan fingerprint density at radius 2 is 2.10 bits per heavy atom. The molecule has 2 heterocycles. The molecule has 0 spiro atoms. The van der Waals surface area contributed by atoms with Gasteiger partial charge in [0.2, 0.25) is 6.41 Å². The first-order chi connectivity index (χ1) is 9.93. The molecule has 8 heteroatoms. The molecule has 2 rings (SSSR count). The third-order valence-electron chi connectivity index (χ3n) is 3.28. The van der Waals surface area contributed by atoms with Crippen LogP contribution in [0.1, 0.15) is 25.7 Å². The SMILES string of the molecule is CN(C)C=O.O=C(O)CCCC[C@@H]1SC[C@@H]2NC(=O)N[C@@H]21. The van der Waals surface area contributed by atoms with Crippen molar-refractivity contribution in [1.29, 1.82) is 0 Å². The van der Waals surface area contributed by atoms with Crippen LogP contribution in [0.25, 0.3) is 0 Å². The Kier molecular flexibility index (Phi) is 7.35. The van der Waals surface area contributed by atoms with E-state index in [2.05, 4.69) is 10.6 Å². The van der Waals surface area contributed by atoms with Crippen LogP contribution in [0.4, 0.5) is 4.79 Å². The molecule has 0 aromatic rings. The molecule has 0 aliphatic carbocycles. The van der Waals surface area contributed by atoms with Crippen molar-refractivity contribution in [2.75, 3.05) is 19.8 Å². The molecule has 2 aliphatic rings. The van der Waals surface area contributed by atoms with Gasteiger partial charge in [0.25, 0.3) is 0 Å². The molecule has 0 unspecified atom stereocenters. The third-order valence-corrected chi connectivity index (χ3v) is 4.79. The van der Waals surface area contributed by atoms with E-state index in [1.165, 1.54) is 4.90 Å². The molecule has 0 saturated carbocycles. The number of carboxylic acids is 1. The van der Waals surface area contributed by atoms with Crippen molar-refractivity contribution in [3.05, 3.63) is 0 Å². The lowest BCUT2D eigenvalue weighted by Gasteiger charge is -2.16. The third kappa shape index (κ3) is 6.24. The highest BCUT2D eigenvalue weighted by Gasteiger charge is 2.42. The lowest BCUT2D eigenvalue weighted by atomic mass is 10.0. The summed E-state index contributed by atoms with van der Waals surface area (Å²) in [7, 11) is 3.38. The largest absolute Gasteiger partial charge is 0.481 e. The van der Waals surface area contributed by atoms with Crippen LogP contribution < -0.4 is 10.6 Å². The van der Waals surface area contributed by atoms with Crippen LogP contribution in [-0.2, 0) is 9.59 Å². The fourth-order valence-corrected chi connectivity index (χ4v) is 3.81. The Bertz CT molecular complexity index is 378. The first-order valence-electron chi connectivity index (χ1n) is 6.96. The van der Waals surface area contributed by atoms with Gasteiger partial charge >= 0.3 is 12.0 Å². The average molecular weight is 317 g/mol. The van der Waals surface area contributed by atoms with Crippen LogP contribution >= 0.6 is 11.8 Å². The maximum Gasteiger partial charge on any atom is 0.315 e. The number of amides is 3. The molecular formula is C13H23N3O4S. The van der Waals surface area contributed by atoms with Gasteiger partial charge in [-0.2, -0.15) is 11.8 Å². The van der Waals surface area contributed by atoms with E-state index in [1.54, 1.807) is 14.1 Å². The van der Waals surface area contributed by atoms with Gasteiger partial charge < -0.3 is 20.6 Å². The monoisotopic (exact) mass is 317 g/mol. The zero-order valence-corrected chi connectivity index (χ0v) is 13.2. The molecule has 3 N–H and O–H groups in total. The molecule has 3 atom stereocenters. The predicted molar refractivity (Wildman–Crippen MR) is 81.3 cm³/mol. The molecule has 0 bridgehead atoms. The minimum Gasteiger partial charge on any atom is -0.481 e. The van der Waals surface area contributed by atoms with E-state index < -0.39 is 5.97 Å². The first kappa shape index (κ1) is 17.6. The van der Waals surface area contributed by atoms with E-state index in [0.29, 0.717) is 5.25 Å². The van der Waals surface area contributed by atoms with E-state index in [0.717, 1.165) is 31.4 Å². The van der Waals surface area contributed by atoms with E-state index in [-0.39, 0.29) is 24.5 Å². The number of nitrogens with one attached hydrogen (secondary N) is 2. The molecular weight excluding hydrogens is 294 g/mol. The van der Waals surface area contributed by atoms with Gasteiger partial charge in [-0.3, -0.25) is 9.59 Å². The number of unbranched alkanes of at least 4 members (excludes halogenated alkanes) is 1. The quantitative estimate of drug-likeness (QED) is 0.376. The molecule has 2 aliphatic heterocycles. The van der Waals surface area contributed by atoms with Gasteiger partial charge in [-0.05, 0) is 12.8 Å². The summed E-state index contributed by atoms with van der Waals surface area (Å²) in [5.74, 6) is 0.236. The number of rotatable bonds is 6. The summed E-state index contributed by atoms with van der Waals surface area (Å²) in [6.45, 7) is 0. The van der Waals surface area contributed by atoms with Crippen molar-refractivity contribution < 1.29 is 19.5 Å². The first-order valence-corrected chi connectivity index (χ1v) is 8.01. The van der Waals surface area contributed by atoms with Crippen molar-refractivity contribution in [3.8, 4) is 0 Å². The Labute approximate surface area is 128 Å². The highest BCUT2D eigenvalue weighted by atomic mass is 32.2. The van der Waals surface area contributed by atoms with Gasteiger partial charge in [0.05, 0.1) is 12.1 Å². The summed E-state index contributed by atoms with van der Waals surface area (Å²) in [6, 6.07) is 0.440. The van der Waals surface area contributed by atoms with E-state index in [4.69, 9.17) is 5.11 Å². The molecule has 0 radical (unpaired) electrons. The van der Waals surface area contributed by atoms with E-state index in [1.807, 2.05) is 11.8 Å². The zero-order chi connectivity index (χ0) is 15.8. The highest BCUT2D eigenvalue weighted by molar-refractivity contribution is 8.00. The molecule has 7 nitrogen and oxygen atoms in total. The van der Waals surface area contributed by atoms with Crippen LogP contribution in [0.15, 0.2) is 0 Å². The predicted octanol–water partition coefficient (Wildman–Crippen LogP) is 0.501. The van der Waals surface area contributed by atoms with Crippen LogP contribution in [0.5, 0.6) is 0 Å². The summed E-state index contributed by atoms with van der Waals surface area (Å²) in [6.07, 6.45) is 3.63. The number of nitrogens with zero attached hydrogens (tertiary/aromatic N) is 1. The molecule has 2 saturated heterocycles. The van der Waals surface area contributed by atoms with Gasteiger partial charge in [-0.15, -0.1) is 0 Å². The number of carbonyl (C=O) groups excluding carboxylic acids is 2. The number of aliphatic carboxylic acids is 1. The number of hydrogen-bond donors (Lipinski definition) is 3. The molecule has 21 heavy (non-hydrogen) atoms. The molecule has 0 aromatic heterocycles. The standard InChI is InChI=1S/C10H16N2O3S.C3H7NO/c13-8(14)4-2-1-3-7-9-6(5-16-7)11-10(15)12-9;1-4(2)3-5/h6-7,9H,1-5H2,(H,13,14)(H2,11,12,15);3H,1-2H3/t6-,7-,9-;/m0./s1. The van der Waals surface area contributed by atoms with Crippen LogP contribution in [0.3, 0.4) is 0 Å². The lowest BCUT2D eigenvalue weighted by Crippen LogP contribution is -2.36. The van der Waals surface area contributed by atoms with E-state index in [9.17, 15) is 14.4 Å². The maximum absolute atomic E-state index is 11.1. The van der Waals surface area contributed by atoms with Gasteiger partial charge in [0.15, 0.2) is 0 Å². The Morgan fingerprint density at radius 1 is 1.43 bits per heavy atom. The maximum atomic E-state index is 11.1. The Hall–Kier alpha value is -1.44. The number of fused-ring (bicyclic) bond motifs is 1. The summed E-state index contributed by atoms with van der Waals surface area (Å²) in [5, 5.41) is 14.8. The number of hydrogen-bond acceptors (Lipinski definition) is 4. The second-order valence-electron chi connectivity index (χ2n) is 5.33. The Balaban J connectivity index is 0.000000383. The van der Waals surface area contributed by atoms with Gasteiger partial charge in [0.1, 0.15) is 0 Å². The molecule has 0 aromatic carbocycles. The van der Waals surface area contributed by atoms with Crippen molar-refractivity contribution in [2.24, 2.45) is 0 Å². The number of carbonyl (C=O) groups is 3. The summed E-state index contributed by atoms with van der Waals surface area (Å²) in [5.41, 5.74) is 0. The fraction of sp³-hybridized carbons (Fsp3) is 0.769. The van der Waals surface area contributed by atoms with Gasteiger partial charge in [0, 0.05) is 31.5 Å². The number of thioether (sulfide) groups is 1. The molecule has 3 amide bonds. The van der Waals surface area contributed by atoms with Crippen molar-refractivity contribution >= 4 is 30.2 Å². The molecule has 2 fully saturated rings.